The predicted molar refractivity (Wildman–Crippen MR) is 145 cm³/mol. The molecule has 0 radical (unpaired) electrons. The second-order valence-corrected chi connectivity index (χ2v) is 16.3. The van der Waals surface area contributed by atoms with Crippen LogP contribution in [0.15, 0.2) is 30.5 Å². The fourth-order valence-corrected chi connectivity index (χ4v) is 4.90. The number of nitrogens with zero attached hydrogens (tertiary/aromatic N) is 3. The first-order chi connectivity index (χ1) is 16.4. The van der Waals surface area contributed by atoms with Crippen LogP contribution in [-0.2, 0) is 17.4 Å². The molecule has 0 saturated carbocycles. The maximum Gasteiger partial charge on any atom is 0.318 e. The number of hydrogen-bond donors (Lipinski definition) is 2. The zero-order valence-corrected chi connectivity index (χ0v) is 23.9. The molecule has 7 nitrogen and oxygen atoms in total. The van der Waals surface area contributed by atoms with Gasteiger partial charge in [0.2, 0.25) is 5.95 Å². The summed E-state index contributed by atoms with van der Waals surface area (Å²) in [5.41, 5.74) is 3.01. The number of amides is 2. The molecular weight excluding hydrogens is 478 g/mol. The zero-order valence-electron chi connectivity index (χ0n) is 22.1. The highest BCUT2D eigenvalue weighted by atomic mass is 35.5. The van der Waals surface area contributed by atoms with Crippen LogP contribution in [0.5, 0.6) is 0 Å². The lowest BCUT2D eigenvalue weighted by Crippen LogP contribution is -2.45. The Kier molecular flexibility index (Phi) is 8.83. The second kappa shape index (κ2) is 11.3. The minimum Gasteiger partial charge on any atom is -0.417 e. The van der Waals surface area contributed by atoms with Crippen molar-refractivity contribution in [3.05, 3.63) is 52.3 Å². The van der Waals surface area contributed by atoms with Crippen molar-refractivity contribution in [2.24, 2.45) is 0 Å². The van der Waals surface area contributed by atoms with Gasteiger partial charge >= 0.3 is 6.03 Å². The summed E-state index contributed by atoms with van der Waals surface area (Å²) < 4.78 is 6.41. The van der Waals surface area contributed by atoms with Gasteiger partial charge in [0.15, 0.2) is 8.32 Å². The number of carbonyl (C=O) groups is 1. The van der Waals surface area contributed by atoms with Gasteiger partial charge in [-0.05, 0) is 68.1 Å². The van der Waals surface area contributed by atoms with Crippen LogP contribution in [-0.4, -0.2) is 48.4 Å². The fraction of sp³-hybridized carbons (Fsp3) is 0.577. The third kappa shape index (κ3) is 7.41. The highest BCUT2D eigenvalue weighted by molar-refractivity contribution is 6.74. The third-order valence-electron chi connectivity index (χ3n) is 6.90. The van der Waals surface area contributed by atoms with Crippen LogP contribution in [0.1, 0.15) is 63.9 Å². The SMILES string of the molecule is CC(C)Nc1ncc2c(n1)CN(C(=O)N[C@H](CCO[Si](C)(C)C(C)(C)C)c1ccc(Cl)cc1)CC2. The van der Waals surface area contributed by atoms with E-state index >= 15 is 0 Å². The molecule has 1 atom stereocenters. The maximum atomic E-state index is 13.3. The molecule has 0 saturated heterocycles. The van der Waals surface area contributed by atoms with E-state index in [9.17, 15) is 4.79 Å². The van der Waals surface area contributed by atoms with Gasteiger partial charge in [-0.2, -0.15) is 0 Å². The van der Waals surface area contributed by atoms with Crippen LogP contribution < -0.4 is 10.6 Å². The predicted octanol–water partition coefficient (Wildman–Crippen LogP) is 6.17. The third-order valence-corrected chi connectivity index (χ3v) is 11.7. The number of halogens is 1. The number of urea groups is 1. The number of benzene rings is 1. The molecule has 0 unspecified atom stereocenters. The molecule has 3 rings (SSSR count). The van der Waals surface area contributed by atoms with Gasteiger partial charge in [-0.1, -0.05) is 44.5 Å². The molecule has 2 N–H and O–H groups in total. The normalized spacial score (nSPS) is 15.1. The summed E-state index contributed by atoms with van der Waals surface area (Å²) in [6.07, 6.45) is 3.30. The Morgan fingerprint density at radius 1 is 1.23 bits per heavy atom. The molecule has 192 valence electrons. The van der Waals surface area contributed by atoms with E-state index in [0.29, 0.717) is 37.1 Å². The van der Waals surface area contributed by atoms with E-state index in [2.05, 4.69) is 54.5 Å². The summed E-state index contributed by atoms with van der Waals surface area (Å²) in [5.74, 6) is 0.600. The summed E-state index contributed by atoms with van der Waals surface area (Å²) in [5, 5.41) is 7.30. The number of fused-ring (bicyclic) bond motifs is 1. The highest BCUT2D eigenvalue weighted by Crippen LogP contribution is 2.37. The Morgan fingerprint density at radius 2 is 1.91 bits per heavy atom. The van der Waals surface area contributed by atoms with Crippen molar-refractivity contribution in [3.63, 3.8) is 0 Å². The Morgan fingerprint density at radius 3 is 2.54 bits per heavy atom. The summed E-state index contributed by atoms with van der Waals surface area (Å²) in [4.78, 5) is 24.2. The summed E-state index contributed by atoms with van der Waals surface area (Å²) in [7, 11) is -1.88. The first-order valence-corrected chi connectivity index (χ1v) is 15.7. The van der Waals surface area contributed by atoms with Gasteiger partial charge in [-0.25, -0.2) is 14.8 Å². The minimum absolute atomic E-state index is 0.0973. The van der Waals surface area contributed by atoms with Gasteiger partial charge in [-0.15, -0.1) is 0 Å². The molecular formula is C26H40ClN5O2Si. The van der Waals surface area contributed by atoms with E-state index in [0.717, 1.165) is 23.2 Å². The van der Waals surface area contributed by atoms with Crippen molar-refractivity contribution in [1.82, 2.24) is 20.2 Å². The van der Waals surface area contributed by atoms with Gasteiger partial charge in [0.25, 0.3) is 0 Å². The molecule has 0 aliphatic carbocycles. The van der Waals surface area contributed by atoms with Gasteiger partial charge in [-0.3, -0.25) is 0 Å². The van der Waals surface area contributed by atoms with E-state index in [4.69, 9.17) is 16.0 Å². The van der Waals surface area contributed by atoms with Crippen LogP contribution >= 0.6 is 11.6 Å². The standard InChI is InChI=1S/C26H40ClN5O2Si/c1-18(2)29-24-28-16-20-12-14-32(17-23(20)30-24)25(33)31-22(19-8-10-21(27)11-9-19)13-15-34-35(6,7)26(3,4)5/h8-11,16,18,22H,12-15,17H2,1-7H3,(H,31,33)(H,28,29,30)/t22-/m1/s1. The van der Waals surface area contributed by atoms with Crippen molar-refractivity contribution >= 4 is 31.9 Å². The van der Waals surface area contributed by atoms with E-state index in [1.165, 1.54) is 0 Å². The number of carbonyl (C=O) groups excluding carboxylic acids is 1. The zero-order chi connectivity index (χ0) is 25.8. The molecule has 1 aromatic carbocycles. The van der Waals surface area contributed by atoms with Crippen LogP contribution in [0.25, 0.3) is 0 Å². The van der Waals surface area contributed by atoms with Gasteiger partial charge in [0.05, 0.1) is 18.3 Å². The molecule has 0 bridgehead atoms. The topological polar surface area (TPSA) is 79.4 Å². The lowest BCUT2D eigenvalue weighted by molar-refractivity contribution is 0.183. The van der Waals surface area contributed by atoms with Crippen LogP contribution in [0.4, 0.5) is 10.7 Å². The van der Waals surface area contributed by atoms with Crippen molar-refractivity contribution in [1.29, 1.82) is 0 Å². The number of aromatic nitrogens is 2. The van der Waals surface area contributed by atoms with Gasteiger partial charge < -0.3 is 20.0 Å². The van der Waals surface area contributed by atoms with Gasteiger partial charge in [0, 0.05) is 30.4 Å². The van der Waals surface area contributed by atoms with Crippen molar-refractivity contribution in [3.8, 4) is 0 Å². The Balaban J connectivity index is 1.70. The number of nitrogens with one attached hydrogen (secondary N) is 2. The molecule has 1 aromatic heterocycles. The van der Waals surface area contributed by atoms with Crippen LogP contribution in [0.3, 0.4) is 0 Å². The highest BCUT2D eigenvalue weighted by Gasteiger charge is 2.37. The molecule has 2 amide bonds. The smallest absolute Gasteiger partial charge is 0.318 e. The Bertz CT molecular complexity index is 1010. The number of anilines is 1. The lowest BCUT2D eigenvalue weighted by atomic mass is 10.0. The quantitative estimate of drug-likeness (QED) is 0.409. The Labute approximate surface area is 216 Å². The monoisotopic (exact) mass is 517 g/mol. The van der Waals surface area contributed by atoms with E-state index in [1.807, 2.05) is 49.2 Å². The first kappa shape index (κ1) is 27.4. The number of rotatable bonds is 8. The number of hydrogen-bond acceptors (Lipinski definition) is 5. The van der Waals surface area contributed by atoms with E-state index < -0.39 is 8.32 Å². The fourth-order valence-electron chi connectivity index (χ4n) is 3.71. The molecule has 9 heteroatoms. The van der Waals surface area contributed by atoms with Crippen molar-refractivity contribution in [2.75, 3.05) is 18.5 Å². The minimum atomic E-state index is -1.88. The van der Waals surface area contributed by atoms with Crippen LogP contribution in [0.2, 0.25) is 23.2 Å². The molecule has 2 heterocycles. The average molecular weight is 518 g/mol. The molecule has 2 aromatic rings. The molecule has 1 aliphatic heterocycles. The molecule has 0 fully saturated rings. The molecule has 1 aliphatic rings. The van der Waals surface area contributed by atoms with Crippen molar-refractivity contribution in [2.45, 2.75) is 84.2 Å². The second-order valence-electron chi connectivity index (χ2n) is 11.1. The first-order valence-electron chi connectivity index (χ1n) is 12.4. The summed E-state index contributed by atoms with van der Waals surface area (Å²) in [6.45, 7) is 17.0. The van der Waals surface area contributed by atoms with Crippen LogP contribution in [0, 0.1) is 0 Å². The summed E-state index contributed by atoms with van der Waals surface area (Å²) >= 11 is 6.12. The molecule has 35 heavy (non-hydrogen) atoms. The van der Waals surface area contributed by atoms with Crippen molar-refractivity contribution < 1.29 is 9.22 Å². The largest absolute Gasteiger partial charge is 0.417 e. The maximum absolute atomic E-state index is 13.3. The van der Waals surface area contributed by atoms with E-state index in [-0.39, 0.29) is 23.2 Å². The average Bonchev–Trinajstić information content (AvgIpc) is 2.77. The molecule has 0 spiro atoms. The van der Waals surface area contributed by atoms with Gasteiger partial charge in [0.1, 0.15) is 0 Å². The van der Waals surface area contributed by atoms with E-state index in [1.54, 1.807) is 0 Å². The lowest BCUT2D eigenvalue weighted by Gasteiger charge is -2.36. The summed E-state index contributed by atoms with van der Waals surface area (Å²) in [6, 6.07) is 7.65. The Hall–Kier alpha value is -2.16.